The van der Waals surface area contributed by atoms with Crippen LogP contribution in [0, 0.1) is 0 Å². The van der Waals surface area contributed by atoms with Crippen molar-refractivity contribution in [3.63, 3.8) is 0 Å². The maximum Gasteiger partial charge on any atom is 0.0639 e. The lowest BCUT2D eigenvalue weighted by Crippen LogP contribution is -2.10. The van der Waals surface area contributed by atoms with Gasteiger partial charge in [-0.25, -0.2) is 0 Å². The van der Waals surface area contributed by atoms with Crippen molar-refractivity contribution in [2.24, 2.45) is 9.98 Å². The van der Waals surface area contributed by atoms with Gasteiger partial charge in [-0.3, -0.25) is 9.98 Å². The first-order valence-corrected chi connectivity index (χ1v) is 18.6. The average Bonchev–Trinajstić information content (AvgIpc) is 3.03. The molecule has 0 heterocycles. The second-order valence-corrected chi connectivity index (χ2v) is 12.9. The summed E-state index contributed by atoms with van der Waals surface area (Å²) in [5.74, 6) is 0. The quantitative estimate of drug-likeness (QED) is 0.0802. The molecule has 0 aliphatic heterocycles. The molecular formula is C42H66N2. The zero-order chi connectivity index (χ0) is 31.7. The summed E-state index contributed by atoms with van der Waals surface area (Å²) in [7, 11) is 0. The monoisotopic (exact) mass is 599 g/mol. The van der Waals surface area contributed by atoms with E-state index >= 15 is 0 Å². The summed E-state index contributed by atoms with van der Waals surface area (Å²) in [6.45, 7) is 11.2. The first-order chi connectivity index (χ1) is 21.6. The van der Waals surface area contributed by atoms with Gasteiger partial charge in [-0.15, -0.1) is 0 Å². The number of unbranched alkanes of at least 4 members (excludes halogenated alkanes) is 14. The Morgan fingerprint density at radius 1 is 0.545 bits per heavy atom. The van der Waals surface area contributed by atoms with E-state index in [4.69, 9.17) is 9.98 Å². The SMILES string of the molecule is CCCCCCCCCCCCCC=Cc1ccc(N=C(CCCC)C(C)=Nc2cc(CCCC)cc(CCCC)c2)cc1. The molecule has 2 rings (SSSR count). The molecule has 0 amide bonds. The van der Waals surface area contributed by atoms with E-state index in [1.807, 2.05) is 0 Å². The Labute approximate surface area is 273 Å². The van der Waals surface area contributed by atoms with Crippen LogP contribution in [0.5, 0.6) is 0 Å². The van der Waals surface area contributed by atoms with Gasteiger partial charge in [0.05, 0.1) is 22.8 Å². The van der Waals surface area contributed by atoms with Crippen LogP contribution in [-0.2, 0) is 12.8 Å². The predicted molar refractivity (Wildman–Crippen MR) is 200 cm³/mol. The lowest BCUT2D eigenvalue weighted by Gasteiger charge is -2.10. The minimum absolute atomic E-state index is 0.963. The number of rotatable bonds is 25. The highest BCUT2D eigenvalue weighted by atomic mass is 14.8. The van der Waals surface area contributed by atoms with Crippen molar-refractivity contribution in [1.82, 2.24) is 0 Å². The average molecular weight is 599 g/mol. The van der Waals surface area contributed by atoms with Crippen LogP contribution in [0.3, 0.4) is 0 Å². The van der Waals surface area contributed by atoms with E-state index in [9.17, 15) is 0 Å². The van der Waals surface area contributed by atoms with Crippen LogP contribution in [0.4, 0.5) is 11.4 Å². The summed E-state index contributed by atoms with van der Waals surface area (Å²) >= 11 is 0. The van der Waals surface area contributed by atoms with Gasteiger partial charge in [0.2, 0.25) is 0 Å². The fourth-order valence-electron chi connectivity index (χ4n) is 5.74. The molecule has 0 N–H and O–H groups in total. The van der Waals surface area contributed by atoms with Crippen LogP contribution in [0.25, 0.3) is 6.08 Å². The number of hydrogen-bond donors (Lipinski definition) is 0. The Hall–Kier alpha value is -2.48. The van der Waals surface area contributed by atoms with E-state index in [1.54, 1.807) is 0 Å². The predicted octanol–water partition coefficient (Wildman–Crippen LogP) is 14.1. The van der Waals surface area contributed by atoms with Crippen LogP contribution in [0.2, 0.25) is 0 Å². The molecule has 0 spiro atoms. The molecule has 2 aromatic rings. The number of hydrogen-bond acceptors (Lipinski definition) is 2. The second kappa shape index (κ2) is 24.8. The third kappa shape index (κ3) is 17.1. The molecule has 2 nitrogen and oxygen atoms in total. The molecule has 0 radical (unpaired) electrons. The number of allylic oxidation sites excluding steroid dienone is 1. The van der Waals surface area contributed by atoms with Crippen molar-refractivity contribution in [2.75, 3.05) is 0 Å². The summed E-state index contributed by atoms with van der Waals surface area (Å²) in [5.41, 5.74) is 8.37. The molecule has 0 aliphatic rings. The summed E-state index contributed by atoms with van der Waals surface area (Å²) in [5, 5.41) is 0. The maximum absolute atomic E-state index is 5.14. The molecule has 0 saturated heterocycles. The normalized spacial score (nSPS) is 12.5. The molecule has 0 unspecified atom stereocenters. The fraction of sp³-hybridized carbons (Fsp3) is 0.619. The van der Waals surface area contributed by atoms with Gasteiger partial charge in [0.25, 0.3) is 0 Å². The molecule has 0 bridgehead atoms. The number of aryl methyl sites for hydroxylation is 2. The lowest BCUT2D eigenvalue weighted by atomic mass is 10.0. The van der Waals surface area contributed by atoms with Crippen LogP contribution in [0.15, 0.2) is 58.5 Å². The van der Waals surface area contributed by atoms with Crippen LogP contribution < -0.4 is 0 Å². The Morgan fingerprint density at radius 3 is 1.61 bits per heavy atom. The first-order valence-electron chi connectivity index (χ1n) is 18.6. The molecule has 0 saturated carbocycles. The number of benzene rings is 2. The third-order valence-corrected chi connectivity index (χ3v) is 8.60. The Bertz CT molecular complexity index is 1060. The number of aliphatic imine (C=N–C) groups is 2. The van der Waals surface area contributed by atoms with Crippen molar-refractivity contribution in [3.05, 3.63) is 65.2 Å². The standard InChI is InChI=1S/C42H66N2/c1-6-10-14-15-16-17-18-19-20-21-22-23-24-27-37-29-31-40(32-30-37)44-42(28-13-9-4)36(5)43-41-34-38(25-11-7-2)33-39(35-41)26-12-8-3/h24,27,29-35H,6-23,25-26,28H2,1-5H3. The molecule has 244 valence electrons. The lowest BCUT2D eigenvalue weighted by molar-refractivity contribution is 0.550. The summed E-state index contributed by atoms with van der Waals surface area (Å²) in [4.78, 5) is 10.2. The van der Waals surface area contributed by atoms with Crippen molar-refractivity contribution < 1.29 is 0 Å². The molecular weight excluding hydrogens is 532 g/mol. The van der Waals surface area contributed by atoms with Gasteiger partial charge >= 0.3 is 0 Å². The van der Waals surface area contributed by atoms with Crippen molar-refractivity contribution >= 4 is 28.9 Å². The van der Waals surface area contributed by atoms with Crippen LogP contribution in [-0.4, -0.2) is 11.4 Å². The second-order valence-electron chi connectivity index (χ2n) is 12.9. The minimum atomic E-state index is 0.963. The van der Waals surface area contributed by atoms with E-state index < -0.39 is 0 Å². The molecule has 0 aliphatic carbocycles. The summed E-state index contributed by atoms with van der Waals surface area (Å²) in [6, 6.07) is 15.7. The Kier molecular flexibility index (Phi) is 21.2. The van der Waals surface area contributed by atoms with Gasteiger partial charge in [-0.2, -0.15) is 0 Å². The molecule has 44 heavy (non-hydrogen) atoms. The highest BCUT2D eigenvalue weighted by Crippen LogP contribution is 2.23. The van der Waals surface area contributed by atoms with Crippen LogP contribution in [0.1, 0.15) is 173 Å². The van der Waals surface area contributed by atoms with Gasteiger partial charge in [-0.05, 0) is 99.2 Å². The van der Waals surface area contributed by atoms with Crippen molar-refractivity contribution in [2.45, 2.75) is 169 Å². The highest BCUT2D eigenvalue weighted by molar-refractivity contribution is 6.42. The zero-order valence-corrected chi connectivity index (χ0v) is 29.4. The zero-order valence-electron chi connectivity index (χ0n) is 29.4. The smallest absolute Gasteiger partial charge is 0.0639 e. The van der Waals surface area contributed by atoms with Crippen LogP contribution >= 0.6 is 0 Å². The number of nitrogens with zero attached hydrogens (tertiary/aromatic N) is 2. The highest BCUT2D eigenvalue weighted by Gasteiger charge is 2.07. The first kappa shape index (κ1) is 37.7. The van der Waals surface area contributed by atoms with Crippen molar-refractivity contribution in [3.8, 4) is 0 Å². The van der Waals surface area contributed by atoms with E-state index in [1.165, 1.54) is 119 Å². The largest absolute Gasteiger partial charge is 0.252 e. The van der Waals surface area contributed by atoms with Gasteiger partial charge < -0.3 is 0 Å². The fourth-order valence-corrected chi connectivity index (χ4v) is 5.74. The van der Waals surface area contributed by atoms with Gasteiger partial charge in [-0.1, -0.05) is 142 Å². The topological polar surface area (TPSA) is 24.7 Å². The third-order valence-electron chi connectivity index (χ3n) is 8.60. The van der Waals surface area contributed by atoms with Gasteiger partial charge in [0.1, 0.15) is 0 Å². The van der Waals surface area contributed by atoms with E-state index in [2.05, 4.69) is 89.2 Å². The minimum Gasteiger partial charge on any atom is -0.252 e. The van der Waals surface area contributed by atoms with E-state index in [0.717, 1.165) is 54.9 Å². The van der Waals surface area contributed by atoms with Gasteiger partial charge in [0, 0.05) is 0 Å². The molecule has 0 fully saturated rings. The summed E-state index contributed by atoms with van der Waals surface area (Å²) < 4.78 is 0. The molecule has 2 heteroatoms. The molecule has 0 atom stereocenters. The Morgan fingerprint density at radius 2 is 1.07 bits per heavy atom. The van der Waals surface area contributed by atoms with Gasteiger partial charge in [0.15, 0.2) is 0 Å². The molecule has 0 aromatic heterocycles. The Balaban J connectivity index is 1.93. The van der Waals surface area contributed by atoms with Crippen molar-refractivity contribution in [1.29, 1.82) is 0 Å². The van der Waals surface area contributed by atoms with E-state index in [0.29, 0.717) is 0 Å². The van der Waals surface area contributed by atoms with E-state index in [-0.39, 0.29) is 0 Å². The molecule has 2 aromatic carbocycles. The summed E-state index contributed by atoms with van der Waals surface area (Å²) in [6.07, 6.45) is 31.6. The maximum atomic E-state index is 5.14.